The summed E-state index contributed by atoms with van der Waals surface area (Å²) in [5, 5.41) is 21.5. The molecule has 0 amide bonds. The second-order valence-corrected chi connectivity index (χ2v) is 8.11. The van der Waals surface area contributed by atoms with E-state index in [0.717, 1.165) is 23.3 Å². The van der Waals surface area contributed by atoms with E-state index in [4.69, 9.17) is 0 Å². The standard InChI is InChI=1S/C26H23F2NO3/c1-26(32)15-23(24(30)13-17-10-11-21(27)22(28)12-17)29(16-25(26)31)20-9-5-8-19(14-20)18-6-3-2-4-7-18/h2-12,14-15,24,30,32H,13,16H2,1H3. The van der Waals surface area contributed by atoms with Gasteiger partial charge in [0.15, 0.2) is 17.4 Å². The number of Topliss-reactive ketones (excluding diaryl/α,β-unsaturated/α-hetero) is 1. The molecule has 0 saturated carbocycles. The summed E-state index contributed by atoms with van der Waals surface area (Å²) in [6, 6.07) is 20.7. The zero-order chi connectivity index (χ0) is 22.9. The van der Waals surface area contributed by atoms with Gasteiger partial charge >= 0.3 is 0 Å². The largest absolute Gasteiger partial charge is 0.387 e. The van der Waals surface area contributed by atoms with Crippen molar-refractivity contribution < 1.29 is 23.8 Å². The molecule has 4 rings (SSSR count). The number of ketones is 1. The topological polar surface area (TPSA) is 60.8 Å². The van der Waals surface area contributed by atoms with Crippen LogP contribution >= 0.6 is 0 Å². The van der Waals surface area contributed by atoms with Crippen molar-refractivity contribution in [3.63, 3.8) is 0 Å². The van der Waals surface area contributed by atoms with E-state index in [-0.39, 0.29) is 13.0 Å². The molecular weight excluding hydrogens is 412 g/mol. The molecule has 0 bridgehead atoms. The Hall–Kier alpha value is -3.35. The lowest BCUT2D eigenvalue weighted by Crippen LogP contribution is -2.49. The minimum atomic E-state index is -1.74. The number of carbonyl (C=O) groups is 1. The number of rotatable bonds is 5. The zero-order valence-electron chi connectivity index (χ0n) is 17.5. The molecule has 1 heterocycles. The highest BCUT2D eigenvalue weighted by atomic mass is 19.2. The Kier molecular flexibility index (Phi) is 5.91. The third kappa shape index (κ3) is 4.47. The molecule has 0 aliphatic carbocycles. The van der Waals surface area contributed by atoms with E-state index in [9.17, 15) is 23.8 Å². The molecule has 2 unspecified atom stereocenters. The summed E-state index contributed by atoms with van der Waals surface area (Å²) in [5.41, 5.74) is 1.58. The van der Waals surface area contributed by atoms with Gasteiger partial charge in [-0.2, -0.15) is 0 Å². The highest BCUT2D eigenvalue weighted by Gasteiger charge is 2.38. The van der Waals surface area contributed by atoms with Crippen molar-refractivity contribution in [2.24, 2.45) is 0 Å². The van der Waals surface area contributed by atoms with Crippen LogP contribution in [0, 0.1) is 11.6 Å². The van der Waals surface area contributed by atoms with Crippen LogP contribution in [0.5, 0.6) is 0 Å². The molecular formula is C26H23F2NO3. The van der Waals surface area contributed by atoms with Gasteiger partial charge in [-0.1, -0.05) is 48.5 Å². The molecule has 0 saturated heterocycles. The van der Waals surface area contributed by atoms with Crippen LogP contribution in [0.15, 0.2) is 84.6 Å². The molecule has 1 aliphatic rings. The van der Waals surface area contributed by atoms with Gasteiger partial charge in [0.1, 0.15) is 5.60 Å². The maximum atomic E-state index is 13.6. The van der Waals surface area contributed by atoms with E-state index in [0.29, 0.717) is 16.9 Å². The van der Waals surface area contributed by atoms with Crippen molar-refractivity contribution in [3.8, 4) is 11.1 Å². The van der Waals surface area contributed by atoms with Gasteiger partial charge in [0.25, 0.3) is 0 Å². The third-order valence-corrected chi connectivity index (χ3v) is 5.63. The monoisotopic (exact) mass is 435 g/mol. The number of anilines is 1. The van der Waals surface area contributed by atoms with Crippen LogP contribution in [0.3, 0.4) is 0 Å². The molecule has 4 nitrogen and oxygen atoms in total. The highest BCUT2D eigenvalue weighted by Crippen LogP contribution is 2.32. The predicted octanol–water partition coefficient (Wildman–Crippen LogP) is 4.26. The molecule has 0 spiro atoms. The van der Waals surface area contributed by atoms with E-state index in [1.54, 1.807) is 4.90 Å². The van der Waals surface area contributed by atoms with Gasteiger partial charge in [-0.3, -0.25) is 4.79 Å². The molecule has 2 atom stereocenters. The number of aliphatic hydroxyl groups is 2. The van der Waals surface area contributed by atoms with Crippen LogP contribution in [0.1, 0.15) is 12.5 Å². The third-order valence-electron chi connectivity index (χ3n) is 5.63. The quantitative estimate of drug-likeness (QED) is 0.629. The average molecular weight is 435 g/mol. The smallest absolute Gasteiger partial charge is 0.187 e. The number of hydrogen-bond donors (Lipinski definition) is 2. The highest BCUT2D eigenvalue weighted by molar-refractivity contribution is 5.95. The van der Waals surface area contributed by atoms with Crippen molar-refractivity contribution in [2.75, 3.05) is 11.4 Å². The van der Waals surface area contributed by atoms with Crippen LogP contribution in [-0.4, -0.2) is 34.2 Å². The lowest BCUT2D eigenvalue weighted by molar-refractivity contribution is -0.130. The van der Waals surface area contributed by atoms with E-state index in [1.165, 1.54) is 19.1 Å². The first-order valence-corrected chi connectivity index (χ1v) is 10.3. The number of carbonyl (C=O) groups excluding carboxylic acids is 1. The van der Waals surface area contributed by atoms with Gasteiger partial charge in [-0.25, -0.2) is 8.78 Å². The number of nitrogens with zero attached hydrogens (tertiary/aromatic N) is 1. The van der Waals surface area contributed by atoms with Gasteiger partial charge in [0.2, 0.25) is 0 Å². The predicted molar refractivity (Wildman–Crippen MR) is 119 cm³/mol. The molecule has 0 fully saturated rings. The molecule has 0 aromatic heterocycles. The summed E-state index contributed by atoms with van der Waals surface area (Å²) >= 11 is 0. The SMILES string of the molecule is CC1(O)C=C(C(O)Cc2ccc(F)c(F)c2)N(c2cccc(-c3ccccc3)c2)CC1=O. The summed E-state index contributed by atoms with van der Waals surface area (Å²) < 4.78 is 26.9. The van der Waals surface area contributed by atoms with Gasteiger partial charge < -0.3 is 15.1 Å². The second kappa shape index (κ2) is 8.65. The van der Waals surface area contributed by atoms with Crippen LogP contribution in [0.2, 0.25) is 0 Å². The van der Waals surface area contributed by atoms with Crippen molar-refractivity contribution in [1.82, 2.24) is 0 Å². The minimum Gasteiger partial charge on any atom is -0.387 e. The zero-order valence-corrected chi connectivity index (χ0v) is 17.5. The first-order chi connectivity index (χ1) is 15.2. The van der Waals surface area contributed by atoms with Crippen LogP contribution in [0.25, 0.3) is 11.1 Å². The van der Waals surface area contributed by atoms with E-state index < -0.39 is 29.1 Å². The van der Waals surface area contributed by atoms with Gasteiger partial charge in [-0.15, -0.1) is 0 Å². The first kappa shape index (κ1) is 21.9. The maximum Gasteiger partial charge on any atom is 0.187 e. The summed E-state index contributed by atoms with van der Waals surface area (Å²) in [6.45, 7) is 1.24. The van der Waals surface area contributed by atoms with Crippen LogP contribution in [-0.2, 0) is 11.2 Å². The van der Waals surface area contributed by atoms with Crippen LogP contribution in [0.4, 0.5) is 14.5 Å². The molecule has 0 radical (unpaired) electrons. The normalized spacial score (nSPS) is 19.6. The van der Waals surface area contributed by atoms with Crippen molar-refractivity contribution in [3.05, 3.63) is 102 Å². The Morgan fingerprint density at radius 1 is 0.969 bits per heavy atom. The van der Waals surface area contributed by atoms with E-state index in [1.807, 2.05) is 54.6 Å². The van der Waals surface area contributed by atoms with Crippen molar-refractivity contribution in [1.29, 1.82) is 0 Å². The number of hydrogen-bond acceptors (Lipinski definition) is 4. The summed E-state index contributed by atoms with van der Waals surface area (Å²) in [6.07, 6.45) is 0.167. The van der Waals surface area contributed by atoms with Crippen LogP contribution < -0.4 is 4.90 Å². The summed E-state index contributed by atoms with van der Waals surface area (Å²) in [4.78, 5) is 14.2. The number of halogens is 2. The summed E-state index contributed by atoms with van der Waals surface area (Å²) in [5.74, 6) is -2.37. The average Bonchev–Trinajstić information content (AvgIpc) is 2.78. The molecule has 6 heteroatoms. The molecule has 3 aromatic carbocycles. The second-order valence-electron chi connectivity index (χ2n) is 8.11. The molecule has 164 valence electrons. The fourth-order valence-corrected chi connectivity index (χ4v) is 3.84. The van der Waals surface area contributed by atoms with E-state index >= 15 is 0 Å². The van der Waals surface area contributed by atoms with E-state index in [2.05, 4.69) is 0 Å². The number of aliphatic hydroxyl groups excluding tert-OH is 1. The Balaban J connectivity index is 1.70. The van der Waals surface area contributed by atoms with Gasteiger partial charge in [0.05, 0.1) is 12.6 Å². The Morgan fingerprint density at radius 2 is 1.69 bits per heavy atom. The lowest BCUT2D eigenvalue weighted by atomic mass is 9.91. The van der Waals surface area contributed by atoms with Crippen molar-refractivity contribution in [2.45, 2.75) is 25.0 Å². The molecule has 32 heavy (non-hydrogen) atoms. The summed E-state index contributed by atoms with van der Waals surface area (Å²) in [7, 11) is 0. The molecule has 3 aromatic rings. The Bertz CT molecular complexity index is 1170. The lowest BCUT2D eigenvalue weighted by Gasteiger charge is -2.37. The minimum absolute atomic E-state index is 0.0117. The fourth-order valence-electron chi connectivity index (χ4n) is 3.84. The first-order valence-electron chi connectivity index (χ1n) is 10.3. The molecule has 2 N–H and O–H groups in total. The Labute approximate surface area is 185 Å². The fraction of sp³-hybridized carbons (Fsp3) is 0.192. The number of benzene rings is 3. The van der Waals surface area contributed by atoms with Gasteiger partial charge in [-0.05, 0) is 54.0 Å². The maximum absolute atomic E-state index is 13.6. The van der Waals surface area contributed by atoms with Gasteiger partial charge in [0, 0.05) is 17.8 Å². The van der Waals surface area contributed by atoms with Crippen molar-refractivity contribution >= 4 is 11.5 Å². The Morgan fingerprint density at radius 3 is 2.41 bits per heavy atom. The molecule has 1 aliphatic heterocycles.